The molecule has 202 valence electrons. The lowest BCUT2D eigenvalue weighted by molar-refractivity contribution is -0.811. The molecule has 9 nitrogen and oxygen atoms in total. The first-order valence-electron chi connectivity index (χ1n) is 13.2. The SMILES string of the molecule is CC(C)CC(NC(=O)C1COc2ccccc2O1)C(=O)NC1CCC[NH+](C(=O)Cc2ccccc2)CC1=O. The minimum atomic E-state index is -0.889. The average Bonchev–Trinajstić information content (AvgIpc) is 3.09. The molecule has 0 aliphatic carbocycles. The Hall–Kier alpha value is -3.72. The molecule has 3 N–H and O–H groups in total. The fourth-order valence-electron chi connectivity index (χ4n) is 4.79. The first-order chi connectivity index (χ1) is 18.3. The summed E-state index contributed by atoms with van der Waals surface area (Å²) in [6.07, 6.45) is 0.849. The van der Waals surface area contributed by atoms with E-state index in [1.54, 1.807) is 18.2 Å². The number of fused-ring (bicyclic) bond motifs is 1. The van der Waals surface area contributed by atoms with Gasteiger partial charge in [-0.05, 0) is 42.9 Å². The molecule has 9 heteroatoms. The molecule has 2 aromatic rings. The van der Waals surface area contributed by atoms with Crippen molar-refractivity contribution < 1.29 is 33.6 Å². The zero-order valence-corrected chi connectivity index (χ0v) is 21.9. The van der Waals surface area contributed by atoms with Crippen LogP contribution >= 0.6 is 0 Å². The number of ketones is 1. The van der Waals surface area contributed by atoms with Crippen molar-refractivity contribution in [2.45, 2.75) is 57.7 Å². The number of hydrogen-bond donors (Lipinski definition) is 3. The van der Waals surface area contributed by atoms with E-state index in [9.17, 15) is 19.2 Å². The fraction of sp³-hybridized carbons (Fsp3) is 0.448. The lowest BCUT2D eigenvalue weighted by Crippen LogP contribution is -3.15. The third-order valence-corrected chi connectivity index (χ3v) is 6.81. The van der Waals surface area contributed by atoms with Crippen LogP contribution in [-0.4, -0.2) is 61.4 Å². The molecule has 4 atom stereocenters. The van der Waals surface area contributed by atoms with Gasteiger partial charge in [0.2, 0.25) is 17.8 Å². The zero-order chi connectivity index (χ0) is 27.1. The smallest absolute Gasteiger partial charge is 0.316 e. The summed E-state index contributed by atoms with van der Waals surface area (Å²) in [5.74, 6) is 0.0900. The molecule has 2 aliphatic heterocycles. The van der Waals surface area contributed by atoms with Crippen molar-refractivity contribution in [1.29, 1.82) is 0 Å². The number of carbonyl (C=O) groups excluding carboxylic acids is 4. The van der Waals surface area contributed by atoms with Crippen LogP contribution in [0.2, 0.25) is 0 Å². The van der Waals surface area contributed by atoms with E-state index in [2.05, 4.69) is 10.6 Å². The number of nitrogens with one attached hydrogen (secondary N) is 3. The predicted octanol–water partition coefficient (Wildman–Crippen LogP) is 0.859. The average molecular weight is 523 g/mol. The highest BCUT2D eigenvalue weighted by Gasteiger charge is 2.35. The minimum Gasteiger partial charge on any atom is -0.485 e. The number of para-hydroxylation sites is 2. The quantitative estimate of drug-likeness (QED) is 0.474. The Morgan fingerprint density at radius 2 is 1.74 bits per heavy atom. The summed E-state index contributed by atoms with van der Waals surface area (Å²) >= 11 is 0. The van der Waals surface area contributed by atoms with Crippen molar-refractivity contribution in [3.05, 3.63) is 60.2 Å². The Labute approximate surface area is 222 Å². The Kier molecular flexibility index (Phi) is 9.12. The molecule has 0 aromatic heterocycles. The van der Waals surface area contributed by atoms with Gasteiger partial charge in [-0.3, -0.25) is 19.3 Å². The zero-order valence-electron chi connectivity index (χ0n) is 21.9. The van der Waals surface area contributed by atoms with Crippen LogP contribution in [0, 0.1) is 5.92 Å². The molecule has 2 aromatic carbocycles. The van der Waals surface area contributed by atoms with E-state index in [4.69, 9.17) is 9.47 Å². The summed E-state index contributed by atoms with van der Waals surface area (Å²) in [5.41, 5.74) is 0.912. The van der Waals surface area contributed by atoms with Crippen LogP contribution in [0.4, 0.5) is 0 Å². The van der Waals surface area contributed by atoms with Crippen molar-refractivity contribution >= 4 is 23.5 Å². The highest BCUT2D eigenvalue weighted by molar-refractivity contribution is 5.94. The molecule has 4 unspecified atom stereocenters. The maximum Gasteiger partial charge on any atom is 0.316 e. The summed E-state index contributed by atoms with van der Waals surface area (Å²) in [7, 11) is 0. The Balaban J connectivity index is 1.34. The van der Waals surface area contributed by atoms with Crippen LogP contribution in [0.5, 0.6) is 11.5 Å². The molecule has 1 fully saturated rings. The molecular formula is C29H36N3O6+. The van der Waals surface area contributed by atoms with Crippen LogP contribution in [0.1, 0.15) is 38.7 Å². The van der Waals surface area contributed by atoms with Crippen molar-refractivity contribution in [2.75, 3.05) is 19.7 Å². The van der Waals surface area contributed by atoms with Gasteiger partial charge in [-0.2, -0.15) is 0 Å². The van der Waals surface area contributed by atoms with Gasteiger partial charge in [-0.1, -0.05) is 56.3 Å². The molecule has 3 amide bonds. The summed E-state index contributed by atoms with van der Waals surface area (Å²) in [5, 5.41) is 5.64. The Morgan fingerprint density at radius 1 is 1.03 bits per heavy atom. The van der Waals surface area contributed by atoms with E-state index in [-0.39, 0.29) is 37.2 Å². The number of amides is 3. The summed E-state index contributed by atoms with van der Waals surface area (Å²) in [4.78, 5) is 52.7. The number of hydrogen-bond acceptors (Lipinski definition) is 6. The number of benzene rings is 2. The van der Waals surface area contributed by atoms with E-state index in [1.807, 2.05) is 50.2 Å². The molecule has 0 bridgehead atoms. The highest BCUT2D eigenvalue weighted by atomic mass is 16.6. The minimum absolute atomic E-state index is 0.0299. The summed E-state index contributed by atoms with van der Waals surface area (Å²) < 4.78 is 11.4. The van der Waals surface area contributed by atoms with Crippen LogP contribution in [0.25, 0.3) is 0 Å². The second-order valence-electron chi connectivity index (χ2n) is 10.3. The molecule has 2 heterocycles. The monoisotopic (exact) mass is 522 g/mol. The van der Waals surface area contributed by atoms with Gasteiger partial charge in [0.15, 0.2) is 11.5 Å². The molecule has 2 aliphatic rings. The second kappa shape index (κ2) is 12.7. The summed E-state index contributed by atoms with van der Waals surface area (Å²) in [6, 6.07) is 15.0. The first-order valence-corrected chi connectivity index (χ1v) is 13.2. The molecule has 0 spiro atoms. The molecule has 38 heavy (non-hydrogen) atoms. The van der Waals surface area contributed by atoms with Gasteiger partial charge >= 0.3 is 5.91 Å². The first kappa shape index (κ1) is 27.3. The second-order valence-corrected chi connectivity index (χ2v) is 10.3. The number of carbonyl (C=O) groups is 4. The molecular weight excluding hydrogens is 486 g/mol. The lowest BCUT2D eigenvalue weighted by atomic mass is 10.0. The van der Waals surface area contributed by atoms with E-state index in [0.29, 0.717) is 42.2 Å². The van der Waals surface area contributed by atoms with Crippen molar-refractivity contribution in [1.82, 2.24) is 10.6 Å². The van der Waals surface area contributed by atoms with E-state index in [1.165, 1.54) is 0 Å². The van der Waals surface area contributed by atoms with Crippen molar-refractivity contribution in [3.63, 3.8) is 0 Å². The lowest BCUT2D eigenvalue weighted by Gasteiger charge is -2.28. The van der Waals surface area contributed by atoms with Crippen molar-refractivity contribution in [3.8, 4) is 11.5 Å². The largest absolute Gasteiger partial charge is 0.485 e. The molecule has 0 saturated carbocycles. The van der Waals surface area contributed by atoms with E-state index >= 15 is 0 Å². The van der Waals surface area contributed by atoms with Gasteiger partial charge in [0.05, 0.1) is 19.0 Å². The number of likely N-dealkylation sites (tertiary alicyclic amines) is 1. The van der Waals surface area contributed by atoms with Crippen LogP contribution in [-0.2, 0) is 25.6 Å². The number of Topliss-reactive ketones (excluding diaryl/α,β-unsaturated/α-hetero) is 1. The van der Waals surface area contributed by atoms with Crippen molar-refractivity contribution in [2.24, 2.45) is 5.92 Å². The molecule has 4 rings (SSSR count). The van der Waals surface area contributed by atoms with Gasteiger partial charge in [0, 0.05) is 0 Å². The molecule has 0 radical (unpaired) electrons. The Bertz CT molecular complexity index is 1150. The topological polar surface area (TPSA) is 115 Å². The predicted molar refractivity (Wildman–Crippen MR) is 140 cm³/mol. The van der Waals surface area contributed by atoms with Crippen LogP contribution < -0.4 is 25.0 Å². The normalized spacial score (nSPS) is 21.8. The van der Waals surface area contributed by atoms with Gasteiger partial charge in [0.1, 0.15) is 19.2 Å². The van der Waals surface area contributed by atoms with Gasteiger partial charge in [-0.15, -0.1) is 0 Å². The van der Waals surface area contributed by atoms with Gasteiger partial charge in [-0.25, -0.2) is 4.79 Å². The van der Waals surface area contributed by atoms with Crippen LogP contribution in [0.3, 0.4) is 0 Å². The van der Waals surface area contributed by atoms with E-state index < -0.39 is 30.0 Å². The maximum absolute atomic E-state index is 13.3. The van der Waals surface area contributed by atoms with Crippen LogP contribution in [0.15, 0.2) is 54.6 Å². The standard InChI is InChI=1S/C29H35N3O6/c1-19(2)15-22(31-29(36)26-18-37-24-12-6-7-13-25(24)38-26)28(35)30-21-11-8-14-32(17-23(21)33)27(34)16-20-9-4-3-5-10-20/h3-7,9-10,12-13,19,21-22,26H,8,11,14-18H2,1-2H3,(H,30,35)(H,31,36)/p+1. The number of rotatable bonds is 8. The van der Waals surface area contributed by atoms with Gasteiger partial charge in [0.25, 0.3) is 5.91 Å². The third kappa shape index (κ3) is 7.19. The summed E-state index contributed by atoms with van der Waals surface area (Å²) in [6.45, 7) is 4.52. The van der Waals surface area contributed by atoms with Gasteiger partial charge < -0.3 is 20.1 Å². The highest BCUT2D eigenvalue weighted by Crippen LogP contribution is 2.30. The number of ether oxygens (including phenoxy) is 2. The molecule has 1 saturated heterocycles. The van der Waals surface area contributed by atoms with E-state index in [0.717, 1.165) is 5.56 Å². The Morgan fingerprint density at radius 3 is 2.47 bits per heavy atom. The number of quaternary nitrogens is 1. The fourth-order valence-corrected chi connectivity index (χ4v) is 4.79. The maximum atomic E-state index is 13.3. The third-order valence-electron chi connectivity index (χ3n) is 6.81.